The molecule has 0 amide bonds. The summed E-state index contributed by atoms with van der Waals surface area (Å²) in [5, 5.41) is 7.86. The maximum absolute atomic E-state index is 4.41. The Morgan fingerprint density at radius 2 is 2.20 bits per heavy atom. The third-order valence-corrected chi connectivity index (χ3v) is 3.89. The Morgan fingerprint density at radius 1 is 1.35 bits per heavy atom. The van der Waals surface area contributed by atoms with Gasteiger partial charge in [0, 0.05) is 22.6 Å². The van der Waals surface area contributed by atoms with Gasteiger partial charge in [-0.15, -0.1) is 0 Å². The second-order valence-corrected chi connectivity index (χ2v) is 6.01. The second-order valence-electron chi connectivity index (χ2n) is 4.77. The zero-order valence-electron chi connectivity index (χ0n) is 12.0. The van der Waals surface area contributed by atoms with Crippen LogP contribution in [0.25, 0.3) is 0 Å². The highest BCUT2D eigenvalue weighted by Crippen LogP contribution is 2.19. The Hall–Kier alpha value is -0.950. The van der Waals surface area contributed by atoms with E-state index in [1.54, 1.807) is 6.33 Å². The molecule has 0 aliphatic rings. The summed E-state index contributed by atoms with van der Waals surface area (Å²) in [5.41, 5.74) is 1.31. The monoisotopic (exact) mass is 384 g/mol. The minimum absolute atomic E-state index is 0.287. The quantitative estimate of drug-likeness (QED) is 0.746. The van der Waals surface area contributed by atoms with Gasteiger partial charge in [-0.25, -0.2) is 4.98 Å². The number of halogens is 1. The minimum Gasteiger partial charge on any atom is -0.310 e. The standard InChI is InChI=1S/C15H21IN4/c1-3-8-20-15(18-11-19-20)10-14(17-4-2)12-6-5-7-13(16)9-12/h5-7,9,11,14,17H,3-4,8,10H2,1-2H3. The Bertz CT molecular complexity index is 538. The summed E-state index contributed by atoms with van der Waals surface area (Å²) in [6, 6.07) is 8.92. The van der Waals surface area contributed by atoms with Gasteiger partial charge in [0.25, 0.3) is 0 Å². The lowest BCUT2D eigenvalue weighted by Crippen LogP contribution is -2.24. The number of aryl methyl sites for hydroxylation is 1. The van der Waals surface area contributed by atoms with Crippen LogP contribution in [0.2, 0.25) is 0 Å². The molecule has 0 saturated heterocycles. The molecular formula is C15H21IN4. The van der Waals surface area contributed by atoms with Gasteiger partial charge < -0.3 is 5.32 Å². The van der Waals surface area contributed by atoms with Crippen LogP contribution in [0.4, 0.5) is 0 Å². The third kappa shape index (κ3) is 4.02. The lowest BCUT2D eigenvalue weighted by atomic mass is 10.0. The molecule has 0 fully saturated rings. The highest BCUT2D eigenvalue weighted by molar-refractivity contribution is 14.1. The normalized spacial score (nSPS) is 12.6. The van der Waals surface area contributed by atoms with E-state index < -0.39 is 0 Å². The first-order chi connectivity index (χ1) is 9.74. The highest BCUT2D eigenvalue weighted by atomic mass is 127. The van der Waals surface area contributed by atoms with Crippen LogP contribution in [0.5, 0.6) is 0 Å². The topological polar surface area (TPSA) is 42.7 Å². The van der Waals surface area contributed by atoms with Crippen molar-refractivity contribution < 1.29 is 0 Å². The van der Waals surface area contributed by atoms with Crippen molar-refractivity contribution >= 4 is 22.6 Å². The van der Waals surface area contributed by atoms with Crippen molar-refractivity contribution in [1.29, 1.82) is 0 Å². The maximum atomic E-state index is 4.41. The van der Waals surface area contributed by atoms with Gasteiger partial charge in [-0.2, -0.15) is 5.10 Å². The summed E-state index contributed by atoms with van der Waals surface area (Å²) in [6.07, 6.45) is 3.60. The molecule has 1 unspecified atom stereocenters. The van der Waals surface area contributed by atoms with Gasteiger partial charge in [0.1, 0.15) is 12.2 Å². The number of hydrogen-bond acceptors (Lipinski definition) is 3. The van der Waals surface area contributed by atoms with Gasteiger partial charge in [-0.3, -0.25) is 4.68 Å². The van der Waals surface area contributed by atoms with Crippen molar-refractivity contribution in [1.82, 2.24) is 20.1 Å². The van der Waals surface area contributed by atoms with Gasteiger partial charge in [-0.1, -0.05) is 26.0 Å². The largest absolute Gasteiger partial charge is 0.310 e. The van der Waals surface area contributed by atoms with E-state index in [-0.39, 0.29) is 6.04 Å². The Kier molecular flexibility index (Phi) is 5.97. The summed E-state index contributed by atoms with van der Waals surface area (Å²) in [7, 11) is 0. The van der Waals surface area contributed by atoms with Crippen LogP contribution >= 0.6 is 22.6 Å². The van der Waals surface area contributed by atoms with Crippen LogP contribution in [0.1, 0.15) is 37.7 Å². The lowest BCUT2D eigenvalue weighted by Gasteiger charge is -2.18. The molecule has 1 heterocycles. The van der Waals surface area contributed by atoms with Crippen molar-refractivity contribution in [2.24, 2.45) is 0 Å². The van der Waals surface area contributed by atoms with Crippen molar-refractivity contribution in [2.75, 3.05) is 6.54 Å². The predicted octanol–water partition coefficient (Wildman–Crippen LogP) is 3.19. The Morgan fingerprint density at radius 3 is 2.90 bits per heavy atom. The van der Waals surface area contributed by atoms with Crippen molar-refractivity contribution in [2.45, 2.75) is 39.3 Å². The number of aromatic nitrogens is 3. The van der Waals surface area contributed by atoms with E-state index >= 15 is 0 Å². The van der Waals surface area contributed by atoms with Crippen LogP contribution in [0.15, 0.2) is 30.6 Å². The fraction of sp³-hybridized carbons (Fsp3) is 0.467. The highest BCUT2D eigenvalue weighted by Gasteiger charge is 2.15. The molecular weight excluding hydrogens is 363 g/mol. The number of rotatable bonds is 7. The number of likely N-dealkylation sites (N-methyl/N-ethyl adjacent to an activating group) is 1. The smallest absolute Gasteiger partial charge is 0.138 e. The molecule has 0 radical (unpaired) electrons. The van der Waals surface area contributed by atoms with Crippen LogP contribution in [0.3, 0.4) is 0 Å². The number of hydrogen-bond donors (Lipinski definition) is 1. The number of nitrogens with one attached hydrogen (secondary N) is 1. The molecule has 5 heteroatoms. The number of nitrogens with zero attached hydrogens (tertiary/aromatic N) is 3. The zero-order chi connectivity index (χ0) is 14.4. The molecule has 2 aromatic rings. The van der Waals surface area contributed by atoms with Crippen LogP contribution < -0.4 is 5.32 Å². The summed E-state index contributed by atoms with van der Waals surface area (Å²) >= 11 is 2.36. The minimum atomic E-state index is 0.287. The summed E-state index contributed by atoms with van der Waals surface area (Å²) in [6.45, 7) is 6.17. The van der Waals surface area contributed by atoms with Crippen molar-refractivity contribution in [3.8, 4) is 0 Å². The van der Waals surface area contributed by atoms with Crippen molar-refractivity contribution in [3.63, 3.8) is 0 Å². The molecule has 0 aliphatic heterocycles. The average Bonchev–Trinajstić information content (AvgIpc) is 2.86. The van der Waals surface area contributed by atoms with Crippen LogP contribution in [0, 0.1) is 3.57 Å². The van der Waals surface area contributed by atoms with Gasteiger partial charge >= 0.3 is 0 Å². The molecule has 1 atom stereocenters. The Balaban J connectivity index is 2.18. The molecule has 0 bridgehead atoms. The third-order valence-electron chi connectivity index (χ3n) is 3.22. The van der Waals surface area contributed by atoms with Gasteiger partial charge in [0.15, 0.2) is 0 Å². The molecule has 1 aromatic carbocycles. The van der Waals surface area contributed by atoms with Crippen LogP contribution in [-0.4, -0.2) is 21.3 Å². The molecule has 2 rings (SSSR count). The van der Waals surface area contributed by atoms with E-state index in [4.69, 9.17) is 0 Å². The van der Waals surface area contributed by atoms with E-state index in [1.807, 2.05) is 4.68 Å². The molecule has 0 saturated carbocycles. The molecule has 1 aromatic heterocycles. The fourth-order valence-electron chi connectivity index (χ4n) is 2.30. The second kappa shape index (κ2) is 7.73. The molecule has 20 heavy (non-hydrogen) atoms. The number of benzene rings is 1. The first-order valence-corrected chi connectivity index (χ1v) is 8.18. The van der Waals surface area contributed by atoms with E-state index in [1.165, 1.54) is 9.13 Å². The summed E-state index contributed by atoms with van der Waals surface area (Å²) in [4.78, 5) is 4.41. The fourth-order valence-corrected chi connectivity index (χ4v) is 2.87. The molecule has 0 aliphatic carbocycles. The molecule has 4 nitrogen and oxygen atoms in total. The van der Waals surface area contributed by atoms with Gasteiger partial charge in [0.2, 0.25) is 0 Å². The summed E-state index contributed by atoms with van der Waals surface area (Å²) in [5.74, 6) is 1.05. The molecule has 1 N–H and O–H groups in total. The average molecular weight is 384 g/mol. The molecule has 0 spiro atoms. The van der Waals surface area contributed by atoms with Crippen molar-refractivity contribution in [3.05, 3.63) is 45.6 Å². The first kappa shape index (κ1) is 15.4. The maximum Gasteiger partial charge on any atom is 0.138 e. The summed E-state index contributed by atoms with van der Waals surface area (Å²) < 4.78 is 3.27. The predicted molar refractivity (Wildman–Crippen MR) is 89.6 cm³/mol. The van der Waals surface area contributed by atoms with E-state index in [2.05, 4.69) is 76.1 Å². The lowest BCUT2D eigenvalue weighted by molar-refractivity contribution is 0.498. The van der Waals surface area contributed by atoms with E-state index in [9.17, 15) is 0 Å². The SMILES string of the molecule is CCCn1ncnc1CC(NCC)c1cccc(I)c1. The van der Waals surface area contributed by atoms with E-state index in [0.29, 0.717) is 0 Å². The van der Waals surface area contributed by atoms with Crippen LogP contribution in [-0.2, 0) is 13.0 Å². The first-order valence-electron chi connectivity index (χ1n) is 7.10. The van der Waals surface area contributed by atoms with E-state index in [0.717, 1.165) is 31.8 Å². The zero-order valence-corrected chi connectivity index (χ0v) is 14.2. The Labute approximate surface area is 134 Å². The van der Waals surface area contributed by atoms with Gasteiger partial charge in [0.05, 0.1) is 0 Å². The molecule has 108 valence electrons. The van der Waals surface area contributed by atoms with Gasteiger partial charge in [-0.05, 0) is 53.3 Å².